The maximum absolute atomic E-state index is 13.0. The summed E-state index contributed by atoms with van der Waals surface area (Å²) in [4.78, 5) is 31.6. The van der Waals surface area contributed by atoms with Crippen molar-refractivity contribution in [3.63, 3.8) is 0 Å². The summed E-state index contributed by atoms with van der Waals surface area (Å²) < 4.78 is 13.0. The fraction of sp³-hybridized carbons (Fsp3) is 0.250. The normalized spacial score (nSPS) is 10.8. The van der Waals surface area contributed by atoms with E-state index in [1.54, 1.807) is 29.7 Å². The smallest absolute Gasteiger partial charge is 0.226 e. The van der Waals surface area contributed by atoms with Crippen LogP contribution < -0.4 is 5.32 Å². The van der Waals surface area contributed by atoms with Crippen molar-refractivity contribution >= 4 is 39.5 Å². The van der Waals surface area contributed by atoms with Crippen LogP contribution in [0.4, 0.5) is 9.52 Å². The summed E-state index contributed by atoms with van der Waals surface area (Å²) >= 11 is 2.96. The van der Waals surface area contributed by atoms with Crippen molar-refractivity contribution in [1.29, 1.82) is 0 Å². The van der Waals surface area contributed by atoms with E-state index >= 15 is 0 Å². The van der Waals surface area contributed by atoms with Crippen LogP contribution in [0.3, 0.4) is 0 Å². The topological polar surface area (TPSA) is 59.1 Å². The molecule has 2 aromatic heterocycles. The summed E-state index contributed by atoms with van der Waals surface area (Å²) in [6.45, 7) is 3.89. The summed E-state index contributed by atoms with van der Waals surface area (Å²) in [5.41, 5.74) is 1.69. The molecule has 2 heterocycles. The molecule has 0 aliphatic rings. The number of aryl methyl sites for hydroxylation is 2. The number of ketones is 1. The van der Waals surface area contributed by atoms with Crippen LogP contribution in [-0.2, 0) is 11.2 Å². The van der Waals surface area contributed by atoms with Crippen LogP contribution in [0, 0.1) is 19.7 Å². The van der Waals surface area contributed by atoms with E-state index in [4.69, 9.17) is 0 Å². The molecule has 27 heavy (non-hydrogen) atoms. The molecular weight excluding hydrogens is 383 g/mol. The molecule has 3 rings (SSSR count). The summed E-state index contributed by atoms with van der Waals surface area (Å²) in [6, 6.07) is 8.18. The van der Waals surface area contributed by atoms with Crippen LogP contribution in [0.15, 0.2) is 36.5 Å². The minimum absolute atomic E-state index is 0.0110. The summed E-state index contributed by atoms with van der Waals surface area (Å²) in [5.74, 6) is -0.503. The lowest BCUT2D eigenvalue weighted by molar-refractivity contribution is -0.116. The van der Waals surface area contributed by atoms with Crippen molar-refractivity contribution in [2.24, 2.45) is 0 Å². The van der Waals surface area contributed by atoms with Gasteiger partial charge >= 0.3 is 0 Å². The van der Waals surface area contributed by atoms with Gasteiger partial charge in [0.15, 0.2) is 10.9 Å². The summed E-state index contributed by atoms with van der Waals surface area (Å²) in [7, 11) is 0. The van der Waals surface area contributed by atoms with E-state index in [1.165, 1.54) is 23.5 Å². The second-order valence-corrected chi connectivity index (χ2v) is 8.81. The van der Waals surface area contributed by atoms with Gasteiger partial charge in [-0.2, -0.15) is 0 Å². The molecule has 0 fully saturated rings. The average Bonchev–Trinajstić information content (AvgIpc) is 3.20. The highest BCUT2D eigenvalue weighted by molar-refractivity contribution is 7.15. The van der Waals surface area contributed by atoms with E-state index in [9.17, 15) is 14.0 Å². The number of thiazole rings is 1. The molecule has 0 aliphatic carbocycles. The maximum atomic E-state index is 13.0. The van der Waals surface area contributed by atoms with Gasteiger partial charge in [0.05, 0.1) is 0 Å². The SMILES string of the molecule is Cc1cc(C(=O)CCC(=O)Nc2ncc(Cc3ccc(F)cc3)s2)c(C)s1. The van der Waals surface area contributed by atoms with Crippen LogP contribution >= 0.6 is 22.7 Å². The zero-order chi connectivity index (χ0) is 19.4. The van der Waals surface area contributed by atoms with E-state index < -0.39 is 0 Å². The number of Topliss-reactive ketones (excluding diaryl/α,β-unsaturated/α-hetero) is 1. The van der Waals surface area contributed by atoms with Crippen molar-refractivity contribution in [3.05, 3.63) is 68.1 Å². The first-order valence-electron chi connectivity index (χ1n) is 8.50. The Morgan fingerprint density at radius 1 is 1.11 bits per heavy atom. The van der Waals surface area contributed by atoms with E-state index in [0.717, 1.165) is 20.2 Å². The van der Waals surface area contributed by atoms with Crippen molar-refractivity contribution < 1.29 is 14.0 Å². The molecule has 0 spiro atoms. The second-order valence-electron chi connectivity index (χ2n) is 6.23. The first-order chi connectivity index (χ1) is 12.9. The Labute approximate surface area is 165 Å². The molecule has 0 bridgehead atoms. The van der Waals surface area contributed by atoms with Crippen molar-refractivity contribution in [2.75, 3.05) is 5.32 Å². The number of carbonyl (C=O) groups excluding carboxylic acids is 2. The number of rotatable bonds is 7. The third-order valence-electron chi connectivity index (χ3n) is 4.01. The number of amides is 1. The number of nitrogens with one attached hydrogen (secondary N) is 1. The lowest BCUT2D eigenvalue weighted by atomic mass is 10.1. The maximum Gasteiger partial charge on any atom is 0.226 e. The Morgan fingerprint density at radius 3 is 2.52 bits per heavy atom. The molecule has 0 atom stereocenters. The Balaban J connectivity index is 1.51. The van der Waals surface area contributed by atoms with Gasteiger partial charge < -0.3 is 5.32 Å². The zero-order valence-electron chi connectivity index (χ0n) is 15.0. The first-order valence-corrected chi connectivity index (χ1v) is 10.1. The molecule has 1 N–H and O–H groups in total. The van der Waals surface area contributed by atoms with Gasteiger partial charge in [-0.25, -0.2) is 9.37 Å². The van der Waals surface area contributed by atoms with Gasteiger partial charge in [0.25, 0.3) is 0 Å². The monoisotopic (exact) mass is 402 g/mol. The predicted molar refractivity (Wildman–Crippen MR) is 107 cm³/mol. The Kier molecular flexibility index (Phi) is 6.13. The van der Waals surface area contributed by atoms with Gasteiger partial charge in [-0.1, -0.05) is 12.1 Å². The molecule has 0 saturated heterocycles. The highest BCUT2D eigenvalue weighted by Gasteiger charge is 2.14. The molecule has 1 amide bonds. The van der Waals surface area contributed by atoms with E-state index in [2.05, 4.69) is 10.3 Å². The minimum atomic E-state index is -0.265. The number of anilines is 1. The zero-order valence-corrected chi connectivity index (χ0v) is 16.7. The lowest BCUT2D eigenvalue weighted by Gasteiger charge is -2.02. The Hall–Kier alpha value is -2.38. The van der Waals surface area contributed by atoms with Crippen LogP contribution in [-0.4, -0.2) is 16.7 Å². The van der Waals surface area contributed by atoms with Crippen LogP contribution in [0.25, 0.3) is 0 Å². The third kappa shape index (κ3) is 5.30. The Morgan fingerprint density at radius 2 is 1.85 bits per heavy atom. The number of nitrogens with zero attached hydrogens (tertiary/aromatic N) is 1. The summed E-state index contributed by atoms with van der Waals surface area (Å²) in [5, 5.41) is 3.25. The molecule has 0 saturated carbocycles. The molecule has 0 unspecified atom stereocenters. The quantitative estimate of drug-likeness (QED) is 0.556. The summed E-state index contributed by atoms with van der Waals surface area (Å²) in [6.07, 6.45) is 2.63. The van der Waals surface area contributed by atoms with E-state index in [1.807, 2.05) is 19.9 Å². The van der Waals surface area contributed by atoms with E-state index in [0.29, 0.717) is 17.1 Å². The number of benzene rings is 1. The number of aromatic nitrogens is 1. The van der Waals surface area contributed by atoms with Gasteiger partial charge in [-0.3, -0.25) is 9.59 Å². The van der Waals surface area contributed by atoms with Crippen molar-refractivity contribution in [1.82, 2.24) is 4.98 Å². The van der Waals surface area contributed by atoms with Crippen LogP contribution in [0.5, 0.6) is 0 Å². The lowest BCUT2D eigenvalue weighted by Crippen LogP contribution is -2.13. The number of carbonyl (C=O) groups is 2. The number of hydrogen-bond acceptors (Lipinski definition) is 5. The van der Waals surface area contributed by atoms with Crippen molar-refractivity contribution in [2.45, 2.75) is 33.1 Å². The first kappa shape index (κ1) is 19.4. The van der Waals surface area contributed by atoms with Gasteiger partial charge in [0, 0.05) is 45.7 Å². The molecular formula is C20H19FN2O2S2. The standard InChI is InChI=1S/C20H19FN2O2S2/c1-12-9-17(13(2)26-12)18(24)7-8-19(25)23-20-22-11-16(27-20)10-14-3-5-15(21)6-4-14/h3-6,9,11H,7-8,10H2,1-2H3,(H,22,23,25). The van der Waals surface area contributed by atoms with Gasteiger partial charge in [-0.05, 0) is 37.6 Å². The number of thiophene rings is 1. The molecule has 7 heteroatoms. The predicted octanol–water partition coefficient (Wildman–Crippen LogP) is 5.15. The van der Waals surface area contributed by atoms with Crippen LogP contribution in [0.2, 0.25) is 0 Å². The molecule has 3 aromatic rings. The molecule has 0 radical (unpaired) electrons. The van der Waals surface area contributed by atoms with Gasteiger partial charge in [-0.15, -0.1) is 22.7 Å². The number of halogens is 1. The molecule has 140 valence electrons. The fourth-order valence-corrected chi connectivity index (χ4v) is 4.51. The highest BCUT2D eigenvalue weighted by atomic mass is 32.1. The third-order valence-corrected chi connectivity index (χ3v) is 5.89. The minimum Gasteiger partial charge on any atom is -0.302 e. The van der Waals surface area contributed by atoms with Gasteiger partial charge in [0.1, 0.15) is 5.82 Å². The highest BCUT2D eigenvalue weighted by Crippen LogP contribution is 2.23. The molecule has 1 aromatic carbocycles. The van der Waals surface area contributed by atoms with E-state index in [-0.39, 0.29) is 30.3 Å². The van der Waals surface area contributed by atoms with Crippen molar-refractivity contribution in [3.8, 4) is 0 Å². The molecule has 0 aliphatic heterocycles. The number of hydrogen-bond donors (Lipinski definition) is 1. The van der Waals surface area contributed by atoms with Gasteiger partial charge in [0.2, 0.25) is 5.91 Å². The molecule has 4 nitrogen and oxygen atoms in total. The fourth-order valence-electron chi connectivity index (χ4n) is 2.70. The Bertz CT molecular complexity index is 961. The second kappa shape index (κ2) is 8.54. The average molecular weight is 403 g/mol. The van der Waals surface area contributed by atoms with Crippen LogP contribution in [0.1, 0.15) is 43.4 Å². The largest absolute Gasteiger partial charge is 0.302 e.